The SMILES string of the molecule is CC1CCCC(CCCCCCCCCCO)C(C)C(O)C1. The van der Waals surface area contributed by atoms with Crippen LogP contribution < -0.4 is 0 Å². The minimum Gasteiger partial charge on any atom is -0.396 e. The average molecular weight is 313 g/mol. The normalized spacial score (nSPS) is 30.0. The minimum atomic E-state index is -0.0770. The van der Waals surface area contributed by atoms with Crippen molar-refractivity contribution in [1.82, 2.24) is 0 Å². The van der Waals surface area contributed by atoms with Crippen molar-refractivity contribution >= 4 is 0 Å². The van der Waals surface area contributed by atoms with Crippen LogP contribution in [0.3, 0.4) is 0 Å². The second-order valence-electron chi connectivity index (χ2n) is 7.80. The predicted octanol–water partition coefficient (Wildman–Crippen LogP) is 5.31. The van der Waals surface area contributed by atoms with E-state index >= 15 is 0 Å². The molecule has 0 radical (unpaired) electrons. The van der Waals surface area contributed by atoms with Crippen LogP contribution in [-0.4, -0.2) is 22.9 Å². The van der Waals surface area contributed by atoms with Crippen molar-refractivity contribution in [3.8, 4) is 0 Å². The third-order valence-corrected chi connectivity index (χ3v) is 5.75. The summed E-state index contributed by atoms with van der Waals surface area (Å²) in [5.74, 6) is 1.93. The highest BCUT2D eigenvalue weighted by molar-refractivity contribution is 4.78. The summed E-state index contributed by atoms with van der Waals surface area (Å²) in [6.07, 6.45) is 16.4. The molecule has 22 heavy (non-hydrogen) atoms. The average Bonchev–Trinajstić information content (AvgIpc) is 2.49. The monoisotopic (exact) mass is 312 g/mol. The zero-order valence-electron chi connectivity index (χ0n) is 15.1. The largest absolute Gasteiger partial charge is 0.396 e. The Morgan fingerprint density at radius 2 is 1.41 bits per heavy atom. The standard InChI is InChI=1S/C20H40O2/c1-17-12-11-14-19(18(2)20(22)16-17)13-9-7-5-3-4-6-8-10-15-21/h17-22H,3-16H2,1-2H3. The molecule has 132 valence electrons. The Hall–Kier alpha value is -0.0800. The lowest BCUT2D eigenvalue weighted by Crippen LogP contribution is -2.29. The van der Waals surface area contributed by atoms with E-state index < -0.39 is 0 Å². The number of rotatable bonds is 10. The van der Waals surface area contributed by atoms with Crippen LogP contribution in [0.5, 0.6) is 0 Å². The van der Waals surface area contributed by atoms with Gasteiger partial charge in [-0.1, -0.05) is 84.5 Å². The van der Waals surface area contributed by atoms with E-state index in [1.165, 1.54) is 70.6 Å². The number of hydrogen-bond donors (Lipinski definition) is 2. The lowest BCUT2D eigenvalue weighted by Gasteiger charge is -2.32. The van der Waals surface area contributed by atoms with Gasteiger partial charge in [-0.15, -0.1) is 0 Å². The maximum atomic E-state index is 10.3. The molecule has 2 N–H and O–H groups in total. The topological polar surface area (TPSA) is 40.5 Å². The molecule has 0 spiro atoms. The third kappa shape index (κ3) is 8.53. The van der Waals surface area contributed by atoms with Crippen LogP contribution in [0.4, 0.5) is 0 Å². The first kappa shape index (κ1) is 20.0. The second kappa shape index (κ2) is 12.4. The van der Waals surface area contributed by atoms with E-state index in [0.29, 0.717) is 18.4 Å². The van der Waals surface area contributed by atoms with Gasteiger partial charge in [-0.3, -0.25) is 0 Å². The van der Waals surface area contributed by atoms with Crippen molar-refractivity contribution in [2.75, 3.05) is 6.61 Å². The first-order valence-corrected chi connectivity index (χ1v) is 9.94. The summed E-state index contributed by atoms with van der Waals surface area (Å²) in [7, 11) is 0. The molecule has 0 heterocycles. The van der Waals surface area contributed by atoms with Crippen LogP contribution in [0, 0.1) is 17.8 Å². The Bertz CT molecular complexity index is 254. The van der Waals surface area contributed by atoms with E-state index in [-0.39, 0.29) is 6.10 Å². The molecule has 1 saturated carbocycles. The molecule has 4 unspecified atom stereocenters. The van der Waals surface area contributed by atoms with Crippen LogP contribution in [0.25, 0.3) is 0 Å². The Kier molecular flexibility index (Phi) is 11.2. The van der Waals surface area contributed by atoms with Crippen molar-refractivity contribution in [2.24, 2.45) is 17.8 Å². The van der Waals surface area contributed by atoms with Crippen LogP contribution in [0.15, 0.2) is 0 Å². The molecule has 0 bridgehead atoms. The van der Waals surface area contributed by atoms with Crippen molar-refractivity contribution in [3.05, 3.63) is 0 Å². The molecule has 0 aromatic rings. The molecule has 2 heteroatoms. The van der Waals surface area contributed by atoms with E-state index in [9.17, 15) is 5.11 Å². The van der Waals surface area contributed by atoms with Gasteiger partial charge in [0, 0.05) is 6.61 Å². The van der Waals surface area contributed by atoms with Gasteiger partial charge in [0.05, 0.1) is 6.10 Å². The lowest BCUT2D eigenvalue weighted by molar-refractivity contribution is 0.0439. The van der Waals surface area contributed by atoms with E-state index in [1.807, 2.05) is 0 Å². The van der Waals surface area contributed by atoms with E-state index in [1.54, 1.807) is 0 Å². The molecular weight excluding hydrogens is 272 g/mol. The van der Waals surface area contributed by atoms with Crippen molar-refractivity contribution in [3.63, 3.8) is 0 Å². The van der Waals surface area contributed by atoms with Gasteiger partial charge < -0.3 is 10.2 Å². The maximum absolute atomic E-state index is 10.3. The molecule has 0 saturated heterocycles. The highest BCUT2D eigenvalue weighted by Gasteiger charge is 2.27. The highest BCUT2D eigenvalue weighted by atomic mass is 16.3. The maximum Gasteiger partial charge on any atom is 0.0570 e. The highest BCUT2D eigenvalue weighted by Crippen LogP contribution is 2.33. The van der Waals surface area contributed by atoms with Gasteiger partial charge in [0.1, 0.15) is 0 Å². The number of aliphatic hydroxyl groups excluding tert-OH is 2. The van der Waals surface area contributed by atoms with Crippen LogP contribution >= 0.6 is 0 Å². The molecule has 1 rings (SSSR count). The fourth-order valence-corrected chi connectivity index (χ4v) is 4.04. The van der Waals surface area contributed by atoms with Gasteiger partial charge in [-0.2, -0.15) is 0 Å². The summed E-state index contributed by atoms with van der Waals surface area (Å²) in [5, 5.41) is 19.1. The Morgan fingerprint density at radius 3 is 2.05 bits per heavy atom. The molecule has 0 aliphatic heterocycles. The molecule has 4 atom stereocenters. The summed E-state index contributed by atoms with van der Waals surface area (Å²) < 4.78 is 0. The molecular formula is C20H40O2. The zero-order valence-corrected chi connectivity index (χ0v) is 15.1. The minimum absolute atomic E-state index is 0.0770. The Balaban J connectivity index is 2.07. The van der Waals surface area contributed by atoms with Crippen molar-refractivity contribution in [1.29, 1.82) is 0 Å². The summed E-state index contributed by atoms with van der Waals surface area (Å²) >= 11 is 0. The first-order chi connectivity index (χ1) is 10.6. The van der Waals surface area contributed by atoms with Gasteiger partial charge in [0.2, 0.25) is 0 Å². The van der Waals surface area contributed by atoms with E-state index in [2.05, 4.69) is 13.8 Å². The van der Waals surface area contributed by atoms with Gasteiger partial charge in [0.15, 0.2) is 0 Å². The third-order valence-electron chi connectivity index (χ3n) is 5.75. The fourth-order valence-electron chi connectivity index (χ4n) is 4.04. The molecule has 0 aromatic heterocycles. The first-order valence-electron chi connectivity index (χ1n) is 9.94. The lowest BCUT2D eigenvalue weighted by atomic mass is 9.76. The van der Waals surface area contributed by atoms with Gasteiger partial charge in [0.25, 0.3) is 0 Å². The van der Waals surface area contributed by atoms with Crippen molar-refractivity contribution < 1.29 is 10.2 Å². The van der Waals surface area contributed by atoms with E-state index in [0.717, 1.165) is 18.8 Å². The summed E-state index contributed by atoms with van der Waals surface area (Å²) in [4.78, 5) is 0. The molecule has 0 aromatic carbocycles. The molecule has 2 nitrogen and oxygen atoms in total. The van der Waals surface area contributed by atoms with Crippen LogP contribution in [0.1, 0.15) is 97.3 Å². The quantitative estimate of drug-likeness (QED) is 0.536. The van der Waals surface area contributed by atoms with Gasteiger partial charge in [-0.05, 0) is 30.6 Å². The Morgan fingerprint density at radius 1 is 0.818 bits per heavy atom. The molecule has 0 amide bonds. The number of hydrogen-bond acceptors (Lipinski definition) is 2. The fraction of sp³-hybridized carbons (Fsp3) is 1.00. The van der Waals surface area contributed by atoms with Crippen molar-refractivity contribution in [2.45, 2.75) is 103 Å². The number of unbranched alkanes of at least 4 members (excludes halogenated alkanes) is 7. The summed E-state index contributed by atoms with van der Waals surface area (Å²) in [5.41, 5.74) is 0. The zero-order chi connectivity index (χ0) is 16.2. The summed E-state index contributed by atoms with van der Waals surface area (Å²) in [6.45, 7) is 4.91. The second-order valence-corrected chi connectivity index (χ2v) is 7.80. The number of aliphatic hydroxyl groups is 2. The summed E-state index contributed by atoms with van der Waals surface area (Å²) in [6, 6.07) is 0. The van der Waals surface area contributed by atoms with E-state index in [4.69, 9.17) is 5.11 Å². The predicted molar refractivity (Wildman–Crippen MR) is 94.9 cm³/mol. The molecule has 1 aliphatic rings. The smallest absolute Gasteiger partial charge is 0.0570 e. The molecule has 1 fully saturated rings. The Labute approximate surface area is 138 Å². The van der Waals surface area contributed by atoms with Gasteiger partial charge in [-0.25, -0.2) is 0 Å². The molecule has 1 aliphatic carbocycles. The van der Waals surface area contributed by atoms with Gasteiger partial charge >= 0.3 is 0 Å². The van der Waals surface area contributed by atoms with Crippen LogP contribution in [-0.2, 0) is 0 Å². The van der Waals surface area contributed by atoms with Crippen LogP contribution in [0.2, 0.25) is 0 Å².